The maximum atomic E-state index is 12.2. The number of benzene rings is 1. The number of nitrogens with one attached hydrogen (secondary N) is 1. The maximum Gasteiger partial charge on any atom is 0.233 e. The van der Waals surface area contributed by atoms with Crippen LogP contribution in [-0.2, 0) is 4.79 Å². The van der Waals surface area contributed by atoms with E-state index in [1.807, 2.05) is 25.1 Å². The van der Waals surface area contributed by atoms with Crippen LogP contribution in [-0.4, -0.2) is 27.7 Å². The molecule has 0 saturated carbocycles. The molecule has 2 rings (SSSR count). The molecule has 0 aliphatic carbocycles. The Morgan fingerprint density at radius 1 is 1.18 bits per heavy atom. The molecule has 1 N–H and O–H groups in total. The topological polar surface area (TPSA) is 54.9 Å². The third kappa shape index (κ3) is 4.84. The standard InChI is InChI=1S/C17H21N3OS/c1-3-14(15-8-5-4-6-9-15)12-20-16(21)13(2)22-17-18-10-7-11-19-17/h4-11,13-14H,3,12H2,1-2H3,(H,20,21)/t13-,14+/m0/s1. The minimum Gasteiger partial charge on any atom is -0.355 e. The van der Waals surface area contributed by atoms with Crippen molar-refractivity contribution in [3.8, 4) is 0 Å². The van der Waals surface area contributed by atoms with Gasteiger partial charge in [-0.15, -0.1) is 0 Å². The van der Waals surface area contributed by atoms with Crippen LogP contribution in [0.25, 0.3) is 0 Å². The fourth-order valence-corrected chi connectivity index (χ4v) is 2.90. The molecule has 1 heterocycles. The Balaban J connectivity index is 1.86. The number of nitrogens with zero attached hydrogens (tertiary/aromatic N) is 2. The SMILES string of the molecule is CC[C@H](CNC(=O)[C@H](C)Sc1ncccn1)c1ccccc1. The molecule has 1 aromatic carbocycles. The third-order valence-electron chi connectivity index (χ3n) is 3.48. The van der Waals surface area contributed by atoms with Crippen molar-refractivity contribution in [2.45, 2.75) is 36.6 Å². The van der Waals surface area contributed by atoms with Crippen LogP contribution in [0, 0.1) is 0 Å². The largest absolute Gasteiger partial charge is 0.355 e. The monoisotopic (exact) mass is 315 g/mol. The van der Waals surface area contributed by atoms with Crippen molar-refractivity contribution in [2.24, 2.45) is 0 Å². The lowest BCUT2D eigenvalue weighted by Gasteiger charge is -2.18. The summed E-state index contributed by atoms with van der Waals surface area (Å²) in [5, 5.41) is 3.45. The van der Waals surface area contributed by atoms with Gasteiger partial charge in [-0.1, -0.05) is 49.0 Å². The van der Waals surface area contributed by atoms with Gasteiger partial charge in [0.1, 0.15) is 0 Å². The van der Waals surface area contributed by atoms with Crippen molar-refractivity contribution < 1.29 is 4.79 Å². The zero-order valence-corrected chi connectivity index (χ0v) is 13.7. The Morgan fingerprint density at radius 3 is 2.50 bits per heavy atom. The summed E-state index contributed by atoms with van der Waals surface area (Å²) in [6.45, 7) is 4.67. The van der Waals surface area contributed by atoms with Crippen LogP contribution < -0.4 is 5.32 Å². The fourth-order valence-electron chi connectivity index (χ4n) is 2.15. The first kappa shape index (κ1) is 16.5. The van der Waals surface area contributed by atoms with E-state index in [1.54, 1.807) is 18.5 Å². The number of thioether (sulfide) groups is 1. The van der Waals surface area contributed by atoms with Crippen molar-refractivity contribution in [1.82, 2.24) is 15.3 Å². The van der Waals surface area contributed by atoms with Gasteiger partial charge < -0.3 is 5.32 Å². The summed E-state index contributed by atoms with van der Waals surface area (Å²) in [6, 6.07) is 12.1. The number of aromatic nitrogens is 2. The predicted octanol–water partition coefficient (Wildman–Crippen LogP) is 3.27. The number of carbonyl (C=O) groups is 1. The van der Waals surface area contributed by atoms with Gasteiger partial charge in [-0.05, 0) is 25.0 Å². The van der Waals surface area contributed by atoms with Crippen LogP contribution in [0.5, 0.6) is 0 Å². The van der Waals surface area contributed by atoms with Gasteiger partial charge in [-0.2, -0.15) is 0 Å². The molecule has 0 spiro atoms. The summed E-state index contributed by atoms with van der Waals surface area (Å²) in [6.07, 6.45) is 4.36. The Labute approximate surface area is 135 Å². The molecule has 2 aromatic rings. The quantitative estimate of drug-likeness (QED) is 0.629. The van der Waals surface area contributed by atoms with Gasteiger partial charge in [0.25, 0.3) is 0 Å². The van der Waals surface area contributed by atoms with E-state index in [2.05, 4.69) is 34.3 Å². The normalized spacial score (nSPS) is 13.4. The van der Waals surface area contributed by atoms with Gasteiger partial charge in [0.05, 0.1) is 5.25 Å². The molecule has 0 radical (unpaired) electrons. The highest BCUT2D eigenvalue weighted by Crippen LogP contribution is 2.20. The van der Waals surface area contributed by atoms with Crippen molar-refractivity contribution in [2.75, 3.05) is 6.54 Å². The molecule has 0 bridgehead atoms. The van der Waals surface area contributed by atoms with Crippen molar-refractivity contribution >= 4 is 17.7 Å². The Morgan fingerprint density at radius 2 is 1.86 bits per heavy atom. The lowest BCUT2D eigenvalue weighted by molar-refractivity contribution is -0.120. The van der Waals surface area contributed by atoms with E-state index in [-0.39, 0.29) is 11.2 Å². The van der Waals surface area contributed by atoms with E-state index >= 15 is 0 Å². The molecule has 22 heavy (non-hydrogen) atoms. The van der Waals surface area contributed by atoms with Crippen molar-refractivity contribution in [3.05, 3.63) is 54.4 Å². The predicted molar refractivity (Wildman–Crippen MR) is 89.8 cm³/mol. The molecule has 0 aliphatic rings. The number of amides is 1. The maximum absolute atomic E-state index is 12.2. The van der Waals surface area contributed by atoms with Gasteiger partial charge in [0, 0.05) is 24.9 Å². The smallest absolute Gasteiger partial charge is 0.233 e. The van der Waals surface area contributed by atoms with Crippen LogP contribution in [0.15, 0.2) is 53.9 Å². The van der Waals surface area contributed by atoms with Crippen LogP contribution in [0.3, 0.4) is 0 Å². The molecule has 5 heteroatoms. The third-order valence-corrected chi connectivity index (χ3v) is 4.47. The zero-order chi connectivity index (χ0) is 15.8. The summed E-state index contributed by atoms with van der Waals surface area (Å²) in [5.74, 6) is 0.363. The first-order valence-electron chi connectivity index (χ1n) is 7.47. The number of rotatable bonds is 7. The van der Waals surface area contributed by atoms with Gasteiger partial charge in [0.15, 0.2) is 5.16 Å². The van der Waals surface area contributed by atoms with E-state index in [0.717, 1.165) is 6.42 Å². The van der Waals surface area contributed by atoms with E-state index in [4.69, 9.17) is 0 Å². The molecule has 1 aromatic heterocycles. The zero-order valence-electron chi connectivity index (χ0n) is 12.9. The summed E-state index contributed by atoms with van der Waals surface area (Å²) in [5.41, 5.74) is 1.26. The van der Waals surface area contributed by atoms with Crippen LogP contribution in [0.4, 0.5) is 0 Å². The van der Waals surface area contributed by atoms with Crippen molar-refractivity contribution in [3.63, 3.8) is 0 Å². The van der Waals surface area contributed by atoms with Crippen LogP contribution >= 0.6 is 11.8 Å². The lowest BCUT2D eigenvalue weighted by atomic mass is 9.96. The van der Waals surface area contributed by atoms with Gasteiger partial charge in [0.2, 0.25) is 5.91 Å². The summed E-state index contributed by atoms with van der Waals surface area (Å²) >= 11 is 1.37. The Bertz CT molecular complexity index is 577. The Hall–Kier alpha value is -1.88. The second-order valence-electron chi connectivity index (χ2n) is 5.05. The highest BCUT2D eigenvalue weighted by molar-refractivity contribution is 8.00. The summed E-state index contributed by atoms with van der Waals surface area (Å²) in [4.78, 5) is 20.5. The number of hydrogen-bond acceptors (Lipinski definition) is 4. The highest BCUT2D eigenvalue weighted by atomic mass is 32.2. The average molecular weight is 315 g/mol. The van der Waals surface area contributed by atoms with E-state index < -0.39 is 0 Å². The summed E-state index contributed by atoms with van der Waals surface area (Å²) in [7, 11) is 0. The molecule has 0 saturated heterocycles. The van der Waals surface area contributed by atoms with Crippen molar-refractivity contribution in [1.29, 1.82) is 0 Å². The molecule has 2 atom stereocenters. The van der Waals surface area contributed by atoms with E-state index in [0.29, 0.717) is 17.6 Å². The first-order valence-corrected chi connectivity index (χ1v) is 8.35. The molecule has 4 nitrogen and oxygen atoms in total. The molecule has 116 valence electrons. The Kier molecular flexibility index (Phi) is 6.40. The van der Waals surface area contributed by atoms with Crippen LogP contribution in [0.2, 0.25) is 0 Å². The molecule has 0 unspecified atom stereocenters. The number of carbonyl (C=O) groups excluding carboxylic acids is 1. The second kappa shape index (κ2) is 8.54. The van der Waals surface area contributed by atoms with E-state index in [1.165, 1.54) is 17.3 Å². The molecular weight excluding hydrogens is 294 g/mol. The number of hydrogen-bond donors (Lipinski definition) is 1. The lowest BCUT2D eigenvalue weighted by Crippen LogP contribution is -2.34. The molecular formula is C17H21N3OS. The van der Waals surface area contributed by atoms with Gasteiger partial charge in [-0.25, -0.2) is 9.97 Å². The highest BCUT2D eigenvalue weighted by Gasteiger charge is 2.17. The fraction of sp³-hybridized carbons (Fsp3) is 0.353. The molecule has 1 amide bonds. The summed E-state index contributed by atoms with van der Waals surface area (Å²) < 4.78 is 0. The van der Waals surface area contributed by atoms with E-state index in [9.17, 15) is 4.79 Å². The molecule has 0 aliphatic heterocycles. The minimum atomic E-state index is -0.212. The van der Waals surface area contributed by atoms with Gasteiger partial charge in [-0.3, -0.25) is 4.79 Å². The second-order valence-corrected chi connectivity index (χ2v) is 6.36. The first-order chi connectivity index (χ1) is 10.7. The minimum absolute atomic E-state index is 0.0202. The van der Waals surface area contributed by atoms with Gasteiger partial charge >= 0.3 is 0 Å². The van der Waals surface area contributed by atoms with Crippen LogP contribution in [0.1, 0.15) is 31.7 Å². The molecule has 0 fully saturated rings. The average Bonchev–Trinajstić information content (AvgIpc) is 2.57.